The van der Waals surface area contributed by atoms with Crippen LogP contribution in [0.25, 0.3) is 0 Å². The van der Waals surface area contributed by atoms with E-state index in [4.69, 9.17) is 5.26 Å². The van der Waals surface area contributed by atoms with Crippen molar-refractivity contribution >= 4 is 11.8 Å². The van der Waals surface area contributed by atoms with E-state index in [1.807, 2.05) is 12.1 Å². The van der Waals surface area contributed by atoms with Crippen LogP contribution >= 0.6 is 11.8 Å². The highest BCUT2D eigenvalue weighted by Crippen LogP contribution is 2.29. The van der Waals surface area contributed by atoms with Crippen molar-refractivity contribution < 1.29 is 5.11 Å². The Morgan fingerprint density at radius 3 is 2.94 bits per heavy atom. The third-order valence-corrected chi connectivity index (χ3v) is 2.82. The van der Waals surface area contributed by atoms with Gasteiger partial charge in [-0.25, -0.2) is 0 Å². The lowest BCUT2D eigenvalue weighted by Crippen LogP contribution is -1.88. The lowest BCUT2D eigenvalue weighted by Gasteiger charge is -2.01. The maximum atomic E-state index is 9.30. The van der Waals surface area contributed by atoms with Gasteiger partial charge in [0.15, 0.2) is 0 Å². The third kappa shape index (κ3) is 2.30. The summed E-state index contributed by atoms with van der Waals surface area (Å²) in [5.41, 5.74) is 0.475. The second kappa shape index (κ2) is 4.64. The summed E-state index contributed by atoms with van der Waals surface area (Å²) < 4.78 is 0. The minimum Gasteiger partial charge on any atom is -0.508 e. The number of hydrogen-bond acceptors (Lipinski definition) is 5. The van der Waals surface area contributed by atoms with E-state index in [0.717, 1.165) is 4.90 Å². The molecule has 0 amide bonds. The summed E-state index contributed by atoms with van der Waals surface area (Å²) >= 11 is 1.30. The largest absolute Gasteiger partial charge is 0.508 e. The third-order valence-electron chi connectivity index (χ3n) is 1.84. The summed E-state index contributed by atoms with van der Waals surface area (Å²) in [5.74, 6) is 0.187. The molecule has 0 saturated carbocycles. The zero-order valence-electron chi connectivity index (χ0n) is 8.16. The first-order valence-electron chi connectivity index (χ1n) is 4.48. The molecule has 0 saturated heterocycles. The molecule has 0 aliphatic rings. The molecule has 4 nitrogen and oxygen atoms in total. The number of rotatable bonds is 2. The van der Waals surface area contributed by atoms with E-state index in [1.165, 1.54) is 18.0 Å². The minimum absolute atomic E-state index is 0.187. The van der Waals surface area contributed by atoms with Crippen molar-refractivity contribution in [3.05, 3.63) is 42.1 Å². The summed E-state index contributed by atoms with van der Waals surface area (Å²) in [6.45, 7) is 0. The Morgan fingerprint density at radius 2 is 2.19 bits per heavy atom. The molecule has 2 rings (SSSR count). The van der Waals surface area contributed by atoms with Crippen molar-refractivity contribution in [1.29, 1.82) is 5.26 Å². The number of aromatic hydroxyl groups is 1. The molecule has 5 heteroatoms. The fraction of sp³-hybridized carbons (Fsp3) is 0. The van der Waals surface area contributed by atoms with E-state index >= 15 is 0 Å². The smallest absolute Gasteiger partial charge is 0.141 e. The van der Waals surface area contributed by atoms with Crippen LogP contribution in [0.3, 0.4) is 0 Å². The van der Waals surface area contributed by atoms with Crippen LogP contribution in [0.2, 0.25) is 0 Å². The van der Waals surface area contributed by atoms with Gasteiger partial charge in [0.2, 0.25) is 0 Å². The fourth-order valence-electron chi connectivity index (χ4n) is 1.14. The lowest BCUT2D eigenvalue weighted by molar-refractivity contribution is 0.474. The number of hydrogen-bond donors (Lipinski definition) is 1. The van der Waals surface area contributed by atoms with Gasteiger partial charge in [-0.05, 0) is 24.3 Å². The topological polar surface area (TPSA) is 69.8 Å². The molecule has 16 heavy (non-hydrogen) atoms. The summed E-state index contributed by atoms with van der Waals surface area (Å²) in [6, 6.07) is 10.4. The van der Waals surface area contributed by atoms with E-state index in [1.54, 1.807) is 24.3 Å². The summed E-state index contributed by atoms with van der Waals surface area (Å²) in [5, 5.41) is 26.3. The molecule has 0 fully saturated rings. The van der Waals surface area contributed by atoms with E-state index in [2.05, 4.69) is 10.2 Å². The monoisotopic (exact) mass is 229 g/mol. The van der Waals surface area contributed by atoms with Gasteiger partial charge in [-0.3, -0.25) is 0 Å². The highest BCUT2D eigenvalue weighted by atomic mass is 32.2. The van der Waals surface area contributed by atoms with Crippen LogP contribution in [0.5, 0.6) is 5.75 Å². The Bertz CT molecular complexity index is 551. The molecule has 0 spiro atoms. The maximum Gasteiger partial charge on any atom is 0.141 e. The van der Waals surface area contributed by atoms with Crippen molar-refractivity contribution in [2.24, 2.45) is 0 Å². The maximum absolute atomic E-state index is 9.30. The van der Waals surface area contributed by atoms with Crippen LogP contribution in [0.4, 0.5) is 0 Å². The van der Waals surface area contributed by atoms with Crippen LogP contribution in [0, 0.1) is 11.3 Å². The highest BCUT2D eigenvalue weighted by molar-refractivity contribution is 7.99. The van der Waals surface area contributed by atoms with Crippen LogP contribution in [0.15, 0.2) is 46.5 Å². The average molecular weight is 229 g/mol. The number of benzene rings is 1. The molecule has 0 aliphatic carbocycles. The second-order valence-electron chi connectivity index (χ2n) is 2.96. The Hall–Kier alpha value is -2.06. The molecule has 0 atom stereocenters. The van der Waals surface area contributed by atoms with Gasteiger partial charge in [-0.1, -0.05) is 17.8 Å². The van der Waals surface area contributed by atoms with E-state index in [9.17, 15) is 5.11 Å². The predicted octanol–water partition coefficient (Wildman–Crippen LogP) is 2.21. The van der Waals surface area contributed by atoms with Crippen LogP contribution < -0.4 is 0 Å². The van der Waals surface area contributed by atoms with Crippen LogP contribution in [-0.2, 0) is 0 Å². The van der Waals surface area contributed by atoms with Gasteiger partial charge < -0.3 is 5.11 Å². The Morgan fingerprint density at radius 1 is 1.31 bits per heavy atom. The van der Waals surface area contributed by atoms with Gasteiger partial charge >= 0.3 is 0 Å². The summed E-state index contributed by atoms with van der Waals surface area (Å²) in [6.07, 6.45) is 1.48. The SMILES string of the molecule is N#Cc1ccnnc1Sc1cccc(O)c1. The Kier molecular flexibility index (Phi) is 3.03. The summed E-state index contributed by atoms with van der Waals surface area (Å²) in [7, 11) is 0. The zero-order chi connectivity index (χ0) is 11.4. The molecule has 2 aromatic rings. The number of nitrogens with zero attached hydrogens (tertiary/aromatic N) is 3. The molecular weight excluding hydrogens is 222 g/mol. The van der Waals surface area contributed by atoms with E-state index < -0.39 is 0 Å². The first-order chi connectivity index (χ1) is 7.79. The molecule has 0 radical (unpaired) electrons. The lowest BCUT2D eigenvalue weighted by atomic mass is 10.3. The van der Waals surface area contributed by atoms with Gasteiger partial charge in [0, 0.05) is 4.90 Å². The Labute approximate surface area is 96.6 Å². The molecule has 1 aromatic carbocycles. The molecule has 78 valence electrons. The van der Waals surface area contributed by atoms with Crippen molar-refractivity contribution in [2.45, 2.75) is 9.92 Å². The molecule has 0 unspecified atom stereocenters. The molecular formula is C11H7N3OS. The number of phenolic OH excluding ortho intramolecular Hbond substituents is 1. The second-order valence-corrected chi connectivity index (χ2v) is 4.02. The van der Waals surface area contributed by atoms with E-state index in [0.29, 0.717) is 10.6 Å². The molecule has 1 N–H and O–H groups in total. The number of nitriles is 1. The van der Waals surface area contributed by atoms with Crippen LogP contribution in [0.1, 0.15) is 5.56 Å². The van der Waals surface area contributed by atoms with Gasteiger partial charge in [0.25, 0.3) is 0 Å². The highest BCUT2D eigenvalue weighted by Gasteiger charge is 2.05. The van der Waals surface area contributed by atoms with Gasteiger partial charge in [0.1, 0.15) is 16.8 Å². The normalized spacial score (nSPS) is 9.69. The van der Waals surface area contributed by atoms with Gasteiger partial charge in [0.05, 0.1) is 11.8 Å². The number of phenols is 1. The quantitative estimate of drug-likeness (QED) is 0.854. The van der Waals surface area contributed by atoms with Gasteiger partial charge in [-0.15, -0.1) is 5.10 Å². The van der Waals surface area contributed by atoms with Crippen molar-refractivity contribution in [2.75, 3.05) is 0 Å². The van der Waals surface area contributed by atoms with Crippen molar-refractivity contribution in [3.63, 3.8) is 0 Å². The van der Waals surface area contributed by atoms with Crippen molar-refractivity contribution in [3.8, 4) is 11.8 Å². The molecule has 0 aliphatic heterocycles. The standard InChI is InChI=1S/C11H7N3OS/c12-7-8-4-5-13-14-11(8)16-10-3-1-2-9(15)6-10/h1-6,15H. The summed E-state index contributed by atoms with van der Waals surface area (Å²) in [4.78, 5) is 0.817. The van der Waals surface area contributed by atoms with Gasteiger partial charge in [-0.2, -0.15) is 10.4 Å². The van der Waals surface area contributed by atoms with Crippen molar-refractivity contribution in [1.82, 2.24) is 10.2 Å². The van der Waals surface area contributed by atoms with Crippen LogP contribution in [-0.4, -0.2) is 15.3 Å². The molecule has 0 bridgehead atoms. The first-order valence-corrected chi connectivity index (χ1v) is 5.30. The molecule has 1 aromatic heterocycles. The molecule has 1 heterocycles. The number of aromatic nitrogens is 2. The zero-order valence-corrected chi connectivity index (χ0v) is 8.98. The fourth-order valence-corrected chi connectivity index (χ4v) is 2.00. The Balaban J connectivity index is 2.31. The minimum atomic E-state index is 0.187. The predicted molar refractivity (Wildman–Crippen MR) is 59.0 cm³/mol. The average Bonchev–Trinajstić information content (AvgIpc) is 2.30. The van der Waals surface area contributed by atoms with E-state index in [-0.39, 0.29) is 5.75 Å². The first kappa shape index (κ1) is 10.5.